The summed E-state index contributed by atoms with van der Waals surface area (Å²) in [6.45, 7) is 2.88. The maximum Gasteiger partial charge on any atom is 0.0603 e. The molecule has 0 fully saturated rings. The predicted octanol–water partition coefficient (Wildman–Crippen LogP) is 1.61. The molecule has 0 saturated heterocycles. The van der Waals surface area contributed by atoms with Gasteiger partial charge in [-0.25, -0.2) is 0 Å². The zero-order chi connectivity index (χ0) is 14.3. The van der Waals surface area contributed by atoms with Crippen molar-refractivity contribution in [2.75, 3.05) is 33.4 Å². The summed E-state index contributed by atoms with van der Waals surface area (Å²) in [6, 6.07) is 7.45. The Hall–Kier alpha value is -1.05. The molecule has 0 heterocycles. The van der Waals surface area contributed by atoms with Crippen LogP contribution in [0.25, 0.3) is 0 Å². The lowest BCUT2D eigenvalue weighted by atomic mass is 9.92. The lowest BCUT2D eigenvalue weighted by Gasteiger charge is -2.29. The molecule has 0 radical (unpaired) electrons. The maximum absolute atomic E-state index is 9.23. The lowest BCUT2D eigenvalue weighted by molar-refractivity contribution is 0.0451. The van der Waals surface area contributed by atoms with Crippen molar-refractivity contribution in [3.8, 4) is 11.8 Å². The van der Waals surface area contributed by atoms with E-state index in [0.29, 0.717) is 18.1 Å². The SMILES string of the molecule is CN(CC#Cc1ccccc1Cl)CC(C)(CO)CO. The van der Waals surface area contributed by atoms with Crippen molar-refractivity contribution >= 4 is 11.6 Å². The molecular formula is C15H20ClNO2. The second kappa shape index (κ2) is 7.52. The zero-order valence-electron chi connectivity index (χ0n) is 11.4. The van der Waals surface area contributed by atoms with Gasteiger partial charge in [-0.05, 0) is 19.2 Å². The highest BCUT2D eigenvalue weighted by molar-refractivity contribution is 6.31. The molecule has 1 aromatic carbocycles. The van der Waals surface area contributed by atoms with E-state index in [4.69, 9.17) is 11.6 Å². The van der Waals surface area contributed by atoms with Gasteiger partial charge in [0.2, 0.25) is 0 Å². The van der Waals surface area contributed by atoms with E-state index in [1.54, 1.807) is 0 Å². The number of nitrogens with zero attached hydrogens (tertiary/aromatic N) is 1. The molecule has 4 heteroatoms. The van der Waals surface area contributed by atoms with Gasteiger partial charge in [-0.15, -0.1) is 0 Å². The third kappa shape index (κ3) is 5.22. The van der Waals surface area contributed by atoms with Crippen molar-refractivity contribution in [2.45, 2.75) is 6.92 Å². The highest BCUT2D eigenvalue weighted by Gasteiger charge is 2.23. The predicted molar refractivity (Wildman–Crippen MR) is 78.1 cm³/mol. The quantitative estimate of drug-likeness (QED) is 0.806. The van der Waals surface area contributed by atoms with E-state index >= 15 is 0 Å². The average molecular weight is 282 g/mol. The van der Waals surface area contributed by atoms with Gasteiger partial charge < -0.3 is 10.2 Å². The molecule has 0 aliphatic rings. The van der Waals surface area contributed by atoms with Gasteiger partial charge >= 0.3 is 0 Å². The summed E-state index contributed by atoms with van der Waals surface area (Å²) in [5, 5.41) is 19.1. The van der Waals surface area contributed by atoms with Crippen LogP contribution in [-0.2, 0) is 0 Å². The summed E-state index contributed by atoms with van der Waals surface area (Å²) >= 11 is 6.01. The van der Waals surface area contributed by atoms with Gasteiger partial charge in [-0.2, -0.15) is 0 Å². The first-order valence-electron chi connectivity index (χ1n) is 6.14. The van der Waals surface area contributed by atoms with Gasteiger partial charge in [0, 0.05) is 17.5 Å². The fourth-order valence-corrected chi connectivity index (χ4v) is 1.87. The molecule has 0 aliphatic heterocycles. The maximum atomic E-state index is 9.23. The van der Waals surface area contributed by atoms with Gasteiger partial charge in [-0.1, -0.05) is 42.5 Å². The van der Waals surface area contributed by atoms with Crippen LogP contribution in [0.2, 0.25) is 5.02 Å². The lowest BCUT2D eigenvalue weighted by Crippen LogP contribution is -2.39. The van der Waals surface area contributed by atoms with Crippen LogP contribution in [-0.4, -0.2) is 48.5 Å². The fourth-order valence-electron chi connectivity index (χ4n) is 1.69. The highest BCUT2D eigenvalue weighted by atomic mass is 35.5. The molecule has 0 unspecified atom stereocenters. The minimum absolute atomic E-state index is 0.0498. The van der Waals surface area contributed by atoms with Crippen molar-refractivity contribution in [1.29, 1.82) is 0 Å². The molecule has 2 N–H and O–H groups in total. The number of aliphatic hydroxyl groups excluding tert-OH is 2. The molecular weight excluding hydrogens is 262 g/mol. The standard InChI is InChI=1S/C15H20ClNO2/c1-15(11-18,12-19)10-17(2)9-5-7-13-6-3-4-8-14(13)16/h3-4,6,8,18-19H,9-12H2,1-2H3. The largest absolute Gasteiger partial charge is 0.396 e. The fraction of sp³-hybridized carbons (Fsp3) is 0.467. The Morgan fingerprint density at radius 3 is 2.47 bits per heavy atom. The van der Waals surface area contributed by atoms with Crippen LogP contribution in [0.5, 0.6) is 0 Å². The first-order valence-corrected chi connectivity index (χ1v) is 6.52. The molecule has 0 amide bonds. The van der Waals surface area contributed by atoms with E-state index in [9.17, 15) is 10.2 Å². The smallest absolute Gasteiger partial charge is 0.0603 e. The van der Waals surface area contributed by atoms with Crippen LogP contribution in [0, 0.1) is 17.3 Å². The molecule has 19 heavy (non-hydrogen) atoms. The number of aliphatic hydroxyl groups is 2. The Morgan fingerprint density at radius 1 is 1.26 bits per heavy atom. The van der Waals surface area contributed by atoms with E-state index in [1.807, 2.05) is 43.1 Å². The molecule has 3 nitrogen and oxygen atoms in total. The summed E-state index contributed by atoms with van der Waals surface area (Å²) in [6.07, 6.45) is 0. The number of hydrogen-bond acceptors (Lipinski definition) is 3. The third-order valence-corrected chi connectivity index (χ3v) is 3.19. The third-order valence-electron chi connectivity index (χ3n) is 2.86. The summed E-state index contributed by atoms with van der Waals surface area (Å²) in [5.41, 5.74) is 0.311. The monoisotopic (exact) mass is 281 g/mol. The van der Waals surface area contributed by atoms with E-state index in [0.717, 1.165) is 5.56 Å². The summed E-state index contributed by atoms with van der Waals surface area (Å²) in [5.74, 6) is 6.06. The van der Waals surface area contributed by atoms with E-state index in [2.05, 4.69) is 11.8 Å². The Morgan fingerprint density at radius 2 is 1.89 bits per heavy atom. The van der Waals surface area contributed by atoms with Crippen molar-refractivity contribution in [1.82, 2.24) is 4.90 Å². The first-order chi connectivity index (χ1) is 9.00. The van der Waals surface area contributed by atoms with Crippen molar-refractivity contribution < 1.29 is 10.2 Å². The molecule has 104 valence electrons. The number of benzene rings is 1. The van der Waals surface area contributed by atoms with E-state index in [1.165, 1.54) is 0 Å². The van der Waals surface area contributed by atoms with E-state index in [-0.39, 0.29) is 13.2 Å². The second-order valence-corrected chi connectivity index (χ2v) is 5.49. The van der Waals surface area contributed by atoms with Gasteiger partial charge in [0.05, 0.1) is 24.8 Å². The summed E-state index contributed by atoms with van der Waals surface area (Å²) < 4.78 is 0. The van der Waals surface area contributed by atoms with Crippen LogP contribution < -0.4 is 0 Å². The molecule has 0 bridgehead atoms. The van der Waals surface area contributed by atoms with Crippen LogP contribution in [0.4, 0.5) is 0 Å². The van der Waals surface area contributed by atoms with Gasteiger partial charge in [0.25, 0.3) is 0 Å². The van der Waals surface area contributed by atoms with Crippen molar-refractivity contribution in [3.05, 3.63) is 34.9 Å². The van der Waals surface area contributed by atoms with Crippen LogP contribution in [0.3, 0.4) is 0 Å². The average Bonchev–Trinajstić information content (AvgIpc) is 2.41. The molecule has 0 spiro atoms. The molecule has 1 aromatic rings. The summed E-state index contributed by atoms with van der Waals surface area (Å²) in [4.78, 5) is 1.97. The van der Waals surface area contributed by atoms with Crippen LogP contribution in [0.1, 0.15) is 12.5 Å². The van der Waals surface area contributed by atoms with E-state index < -0.39 is 5.41 Å². The Bertz CT molecular complexity index is 461. The van der Waals surface area contributed by atoms with Gasteiger partial charge in [0.1, 0.15) is 0 Å². The highest BCUT2D eigenvalue weighted by Crippen LogP contribution is 2.15. The molecule has 0 atom stereocenters. The Balaban J connectivity index is 2.56. The topological polar surface area (TPSA) is 43.7 Å². The van der Waals surface area contributed by atoms with Crippen molar-refractivity contribution in [3.63, 3.8) is 0 Å². The number of hydrogen-bond donors (Lipinski definition) is 2. The van der Waals surface area contributed by atoms with Crippen molar-refractivity contribution in [2.24, 2.45) is 5.41 Å². The van der Waals surface area contributed by atoms with Gasteiger partial charge in [-0.3, -0.25) is 4.90 Å². The van der Waals surface area contributed by atoms with Crippen LogP contribution in [0.15, 0.2) is 24.3 Å². The minimum Gasteiger partial charge on any atom is -0.396 e. The molecule has 0 aliphatic carbocycles. The molecule has 0 saturated carbocycles. The Labute approximate surface area is 119 Å². The molecule has 1 rings (SSSR count). The number of rotatable bonds is 5. The second-order valence-electron chi connectivity index (χ2n) is 5.08. The Kier molecular flexibility index (Phi) is 6.33. The normalized spacial score (nSPS) is 11.3. The van der Waals surface area contributed by atoms with Crippen LogP contribution >= 0.6 is 11.6 Å². The minimum atomic E-state index is -0.499. The van der Waals surface area contributed by atoms with Gasteiger partial charge in [0.15, 0.2) is 0 Å². The first kappa shape index (κ1) is 16.0. The summed E-state index contributed by atoms with van der Waals surface area (Å²) in [7, 11) is 1.91. The zero-order valence-corrected chi connectivity index (χ0v) is 12.1. The molecule has 0 aromatic heterocycles. The number of halogens is 1.